The normalized spacial score (nSPS) is 11.9. The van der Waals surface area contributed by atoms with E-state index >= 15 is 0 Å². The van der Waals surface area contributed by atoms with Crippen LogP contribution in [0.1, 0.15) is 12.5 Å². The molecule has 1 aromatic rings. The second-order valence-electron chi connectivity index (χ2n) is 2.90. The van der Waals surface area contributed by atoms with E-state index in [1.807, 2.05) is 0 Å². The molecule has 0 atom stereocenters. The van der Waals surface area contributed by atoms with Crippen molar-refractivity contribution >= 4 is 5.70 Å². The highest BCUT2D eigenvalue weighted by Gasteiger charge is 2.12. The van der Waals surface area contributed by atoms with E-state index in [0.717, 1.165) is 12.1 Å². The Kier molecular flexibility index (Phi) is 3.00. The first-order valence-corrected chi connectivity index (χ1v) is 3.98. The summed E-state index contributed by atoms with van der Waals surface area (Å²) in [5, 5.41) is 8.51. The van der Waals surface area contributed by atoms with Crippen molar-refractivity contribution in [2.75, 3.05) is 0 Å². The second kappa shape index (κ2) is 4.05. The van der Waals surface area contributed by atoms with Gasteiger partial charge in [0.2, 0.25) is 0 Å². The van der Waals surface area contributed by atoms with Gasteiger partial charge in [0.15, 0.2) is 17.5 Å². The van der Waals surface area contributed by atoms with Gasteiger partial charge in [0.1, 0.15) is 0 Å². The highest BCUT2D eigenvalue weighted by Crippen LogP contribution is 2.19. The smallest absolute Gasteiger partial charge is 0.194 e. The zero-order chi connectivity index (χ0) is 11.6. The van der Waals surface area contributed by atoms with Crippen LogP contribution in [0.3, 0.4) is 0 Å². The molecule has 0 bridgehead atoms. The quantitative estimate of drug-likeness (QED) is 0.573. The molecule has 0 aliphatic rings. The van der Waals surface area contributed by atoms with Gasteiger partial charge in [0, 0.05) is 11.1 Å². The molecule has 0 aliphatic carbocycles. The third-order valence-electron chi connectivity index (χ3n) is 1.87. The van der Waals surface area contributed by atoms with Crippen LogP contribution in [0.4, 0.5) is 13.2 Å². The lowest BCUT2D eigenvalue weighted by Gasteiger charge is -2.04. The first-order valence-electron chi connectivity index (χ1n) is 3.98. The summed E-state index contributed by atoms with van der Waals surface area (Å²) in [6.07, 6.45) is 0. The number of halogens is 3. The van der Waals surface area contributed by atoms with Gasteiger partial charge in [-0.3, -0.25) is 0 Å². The van der Waals surface area contributed by atoms with Crippen LogP contribution in [0.2, 0.25) is 0 Å². The van der Waals surface area contributed by atoms with Gasteiger partial charge in [-0.2, -0.15) is 5.26 Å². The minimum absolute atomic E-state index is 0.0505. The topological polar surface area (TPSA) is 49.8 Å². The van der Waals surface area contributed by atoms with Crippen LogP contribution in [-0.4, -0.2) is 0 Å². The molecule has 5 heteroatoms. The average molecular weight is 212 g/mol. The predicted molar refractivity (Wildman–Crippen MR) is 48.7 cm³/mol. The SMILES string of the molecule is C/C(C#N)=C(/N)c1cc(F)c(F)c(F)c1. The molecule has 1 rings (SSSR count). The molecule has 0 unspecified atom stereocenters. The molecule has 0 aliphatic heterocycles. The zero-order valence-electron chi connectivity index (χ0n) is 7.81. The Bertz CT molecular complexity index is 449. The summed E-state index contributed by atoms with van der Waals surface area (Å²) in [5.41, 5.74) is 5.43. The Labute approximate surface area is 84.4 Å². The molecular formula is C10H7F3N2. The number of nitrogens with two attached hydrogens (primary N) is 1. The summed E-state index contributed by atoms with van der Waals surface area (Å²) in [6.45, 7) is 1.40. The van der Waals surface area contributed by atoms with Crippen molar-refractivity contribution in [3.63, 3.8) is 0 Å². The Morgan fingerprint density at radius 2 is 1.73 bits per heavy atom. The number of benzene rings is 1. The largest absolute Gasteiger partial charge is 0.397 e. The van der Waals surface area contributed by atoms with Gasteiger partial charge >= 0.3 is 0 Å². The Hall–Kier alpha value is -1.96. The molecule has 0 amide bonds. The van der Waals surface area contributed by atoms with E-state index in [9.17, 15) is 13.2 Å². The average Bonchev–Trinajstić information content (AvgIpc) is 2.23. The Balaban J connectivity index is 3.37. The van der Waals surface area contributed by atoms with Crippen LogP contribution >= 0.6 is 0 Å². The van der Waals surface area contributed by atoms with Gasteiger partial charge in [-0.1, -0.05) is 0 Å². The summed E-state index contributed by atoms with van der Waals surface area (Å²) in [7, 11) is 0. The number of nitriles is 1. The molecule has 1 aromatic carbocycles. The van der Waals surface area contributed by atoms with Crippen molar-refractivity contribution in [3.8, 4) is 6.07 Å². The lowest BCUT2D eigenvalue weighted by atomic mass is 10.1. The van der Waals surface area contributed by atoms with E-state index in [1.54, 1.807) is 6.07 Å². The van der Waals surface area contributed by atoms with Gasteiger partial charge in [-0.05, 0) is 19.1 Å². The lowest BCUT2D eigenvalue weighted by Crippen LogP contribution is -2.02. The molecule has 0 heterocycles. The third kappa shape index (κ3) is 2.10. The molecule has 0 radical (unpaired) electrons. The summed E-state index contributed by atoms with van der Waals surface area (Å²) in [5.74, 6) is -4.22. The van der Waals surface area contributed by atoms with Gasteiger partial charge in [0.25, 0.3) is 0 Å². The molecule has 0 saturated heterocycles. The Morgan fingerprint density at radius 1 is 1.27 bits per heavy atom. The summed E-state index contributed by atoms with van der Waals surface area (Å²) in [6, 6.07) is 3.22. The first-order chi connectivity index (χ1) is 6.97. The maximum Gasteiger partial charge on any atom is 0.194 e. The van der Waals surface area contributed by atoms with Crippen molar-refractivity contribution in [2.24, 2.45) is 5.73 Å². The third-order valence-corrected chi connectivity index (χ3v) is 1.87. The van der Waals surface area contributed by atoms with Crippen LogP contribution < -0.4 is 5.73 Å². The number of hydrogen-bond acceptors (Lipinski definition) is 2. The van der Waals surface area contributed by atoms with E-state index in [2.05, 4.69) is 0 Å². The van der Waals surface area contributed by atoms with Gasteiger partial charge in [-0.25, -0.2) is 13.2 Å². The van der Waals surface area contributed by atoms with Gasteiger partial charge in [0.05, 0.1) is 11.8 Å². The molecule has 78 valence electrons. The molecule has 2 N–H and O–H groups in total. The molecule has 0 fully saturated rings. The van der Waals surface area contributed by atoms with Crippen LogP contribution in [0, 0.1) is 28.8 Å². The highest BCUT2D eigenvalue weighted by molar-refractivity contribution is 5.68. The van der Waals surface area contributed by atoms with E-state index in [-0.39, 0.29) is 16.8 Å². The minimum Gasteiger partial charge on any atom is -0.397 e. The molecule has 0 aromatic heterocycles. The Morgan fingerprint density at radius 3 is 2.13 bits per heavy atom. The van der Waals surface area contributed by atoms with Gasteiger partial charge in [-0.15, -0.1) is 0 Å². The monoisotopic (exact) mass is 212 g/mol. The van der Waals surface area contributed by atoms with Crippen molar-refractivity contribution in [3.05, 3.63) is 40.7 Å². The fraction of sp³-hybridized carbons (Fsp3) is 0.100. The molecule has 0 saturated carbocycles. The molecule has 0 spiro atoms. The standard InChI is InChI=1S/C10H7F3N2/c1-5(4-14)10(15)6-2-7(11)9(13)8(12)3-6/h2-3H,15H2,1H3/b10-5-. The van der Waals surface area contributed by atoms with Crippen LogP contribution in [0.5, 0.6) is 0 Å². The van der Waals surface area contributed by atoms with E-state index in [1.165, 1.54) is 6.92 Å². The molecular weight excluding hydrogens is 205 g/mol. The highest BCUT2D eigenvalue weighted by atomic mass is 19.2. The molecule has 15 heavy (non-hydrogen) atoms. The minimum atomic E-state index is -1.55. The van der Waals surface area contributed by atoms with Crippen LogP contribution in [0.25, 0.3) is 5.70 Å². The van der Waals surface area contributed by atoms with E-state index < -0.39 is 17.5 Å². The lowest BCUT2D eigenvalue weighted by molar-refractivity contribution is 0.446. The predicted octanol–water partition coefficient (Wildman–Crippen LogP) is 2.32. The fourth-order valence-electron chi connectivity index (χ4n) is 0.988. The van der Waals surface area contributed by atoms with Crippen molar-refractivity contribution in [1.82, 2.24) is 0 Å². The fourth-order valence-corrected chi connectivity index (χ4v) is 0.988. The number of nitrogens with zero attached hydrogens (tertiary/aromatic N) is 1. The zero-order valence-corrected chi connectivity index (χ0v) is 7.81. The number of hydrogen-bond donors (Lipinski definition) is 1. The maximum atomic E-state index is 12.8. The summed E-state index contributed by atoms with van der Waals surface area (Å²) in [4.78, 5) is 0. The number of rotatable bonds is 1. The van der Waals surface area contributed by atoms with Crippen molar-refractivity contribution < 1.29 is 13.2 Å². The summed E-state index contributed by atoms with van der Waals surface area (Å²) < 4.78 is 38.2. The van der Waals surface area contributed by atoms with Gasteiger partial charge < -0.3 is 5.73 Å². The van der Waals surface area contributed by atoms with Crippen molar-refractivity contribution in [2.45, 2.75) is 6.92 Å². The second-order valence-corrected chi connectivity index (χ2v) is 2.90. The van der Waals surface area contributed by atoms with E-state index in [4.69, 9.17) is 11.0 Å². The summed E-state index contributed by atoms with van der Waals surface area (Å²) >= 11 is 0. The maximum absolute atomic E-state index is 12.8. The number of allylic oxidation sites excluding steroid dienone is 1. The van der Waals surface area contributed by atoms with Crippen LogP contribution in [-0.2, 0) is 0 Å². The van der Waals surface area contributed by atoms with E-state index in [0.29, 0.717) is 0 Å². The first kappa shape index (κ1) is 11.1. The van der Waals surface area contributed by atoms with Crippen LogP contribution in [0.15, 0.2) is 17.7 Å². The van der Waals surface area contributed by atoms with Crippen molar-refractivity contribution in [1.29, 1.82) is 5.26 Å². The molecule has 2 nitrogen and oxygen atoms in total.